The van der Waals surface area contributed by atoms with E-state index in [-0.39, 0.29) is 12.5 Å². The highest BCUT2D eigenvalue weighted by Crippen LogP contribution is 2.33. The fourth-order valence-corrected chi connectivity index (χ4v) is 4.73. The van der Waals surface area contributed by atoms with E-state index in [1.807, 2.05) is 0 Å². The maximum absolute atomic E-state index is 12.7. The van der Waals surface area contributed by atoms with Crippen LogP contribution in [0.2, 0.25) is 5.02 Å². The SMILES string of the molecule is CC1(C(=O)NS(=O)(=O)C2CC2)CCCN(C(=O)c2cccc(Cl)c2)C1. The first-order chi connectivity index (χ1) is 11.7. The minimum absolute atomic E-state index is 0.185. The molecule has 1 unspecified atom stereocenters. The molecule has 1 N–H and O–H groups in total. The molecule has 1 aromatic carbocycles. The molecule has 0 spiro atoms. The fraction of sp³-hybridized carbons (Fsp3) is 0.529. The highest BCUT2D eigenvalue weighted by Gasteiger charge is 2.44. The number of nitrogens with zero attached hydrogens (tertiary/aromatic N) is 1. The molecule has 1 heterocycles. The Morgan fingerprint density at radius 2 is 2.04 bits per heavy atom. The number of piperidine rings is 1. The summed E-state index contributed by atoms with van der Waals surface area (Å²) < 4.78 is 26.3. The van der Waals surface area contributed by atoms with Crippen LogP contribution in [-0.2, 0) is 14.8 Å². The smallest absolute Gasteiger partial charge is 0.253 e. The van der Waals surface area contributed by atoms with Gasteiger partial charge >= 0.3 is 0 Å². The van der Waals surface area contributed by atoms with Crippen molar-refractivity contribution in [1.29, 1.82) is 0 Å². The van der Waals surface area contributed by atoms with E-state index in [1.54, 1.807) is 36.1 Å². The van der Waals surface area contributed by atoms with Crippen LogP contribution >= 0.6 is 11.6 Å². The Bertz CT molecular complexity index is 807. The van der Waals surface area contributed by atoms with Gasteiger partial charge in [-0.05, 0) is 50.8 Å². The number of carbonyl (C=O) groups is 2. The van der Waals surface area contributed by atoms with Crippen LogP contribution in [0.1, 0.15) is 43.0 Å². The minimum Gasteiger partial charge on any atom is -0.338 e. The third kappa shape index (κ3) is 3.98. The maximum atomic E-state index is 12.7. The zero-order chi connectivity index (χ0) is 18.2. The van der Waals surface area contributed by atoms with Crippen LogP contribution in [0.25, 0.3) is 0 Å². The lowest BCUT2D eigenvalue weighted by Crippen LogP contribution is -2.53. The Balaban J connectivity index is 1.73. The van der Waals surface area contributed by atoms with E-state index in [0.717, 1.165) is 0 Å². The van der Waals surface area contributed by atoms with Gasteiger partial charge in [0.2, 0.25) is 15.9 Å². The van der Waals surface area contributed by atoms with E-state index < -0.39 is 26.6 Å². The monoisotopic (exact) mass is 384 g/mol. The molecule has 136 valence electrons. The predicted octanol–water partition coefficient (Wildman–Crippen LogP) is 2.19. The van der Waals surface area contributed by atoms with Gasteiger partial charge in [0, 0.05) is 23.7 Å². The number of hydrogen-bond acceptors (Lipinski definition) is 4. The molecular formula is C17H21ClN2O4S. The maximum Gasteiger partial charge on any atom is 0.253 e. The first kappa shape index (κ1) is 18.2. The van der Waals surface area contributed by atoms with Gasteiger partial charge in [-0.3, -0.25) is 14.3 Å². The van der Waals surface area contributed by atoms with E-state index in [9.17, 15) is 18.0 Å². The van der Waals surface area contributed by atoms with E-state index in [0.29, 0.717) is 42.8 Å². The van der Waals surface area contributed by atoms with Crippen molar-refractivity contribution >= 4 is 33.4 Å². The van der Waals surface area contributed by atoms with Gasteiger partial charge in [-0.15, -0.1) is 0 Å². The molecule has 2 aliphatic rings. The average molecular weight is 385 g/mol. The van der Waals surface area contributed by atoms with Gasteiger partial charge in [-0.2, -0.15) is 0 Å². The van der Waals surface area contributed by atoms with Crippen LogP contribution < -0.4 is 4.72 Å². The number of likely N-dealkylation sites (tertiary alicyclic amines) is 1. The van der Waals surface area contributed by atoms with Crippen LogP contribution in [0.3, 0.4) is 0 Å². The van der Waals surface area contributed by atoms with Crippen LogP contribution in [-0.4, -0.2) is 43.5 Å². The zero-order valence-corrected chi connectivity index (χ0v) is 15.6. The van der Waals surface area contributed by atoms with Crippen molar-refractivity contribution in [2.45, 2.75) is 37.9 Å². The Morgan fingerprint density at radius 1 is 1.32 bits per heavy atom. The summed E-state index contributed by atoms with van der Waals surface area (Å²) in [7, 11) is -3.59. The molecule has 3 rings (SSSR count). The molecule has 1 aliphatic heterocycles. The molecule has 2 fully saturated rings. The summed E-state index contributed by atoms with van der Waals surface area (Å²) in [5, 5.41) is 0.0201. The summed E-state index contributed by atoms with van der Waals surface area (Å²) in [5.74, 6) is -0.728. The lowest BCUT2D eigenvalue weighted by molar-refractivity contribution is -0.130. The lowest BCUT2D eigenvalue weighted by atomic mass is 9.81. The predicted molar refractivity (Wildman–Crippen MR) is 94.8 cm³/mol. The molecule has 8 heteroatoms. The second-order valence-corrected chi connectivity index (χ2v) is 9.47. The number of rotatable bonds is 4. The van der Waals surface area contributed by atoms with Crippen molar-refractivity contribution in [3.05, 3.63) is 34.9 Å². The number of benzene rings is 1. The third-order valence-corrected chi connectivity index (χ3v) is 6.86. The van der Waals surface area contributed by atoms with Crippen molar-refractivity contribution < 1.29 is 18.0 Å². The molecule has 2 amide bonds. The quantitative estimate of drug-likeness (QED) is 0.862. The second-order valence-electron chi connectivity index (χ2n) is 7.08. The van der Waals surface area contributed by atoms with Crippen molar-refractivity contribution in [3.8, 4) is 0 Å². The van der Waals surface area contributed by atoms with Gasteiger partial charge in [0.25, 0.3) is 5.91 Å². The van der Waals surface area contributed by atoms with Crippen LogP contribution in [0, 0.1) is 5.41 Å². The highest BCUT2D eigenvalue weighted by atomic mass is 35.5. The lowest BCUT2D eigenvalue weighted by Gasteiger charge is -2.39. The molecule has 1 atom stereocenters. The number of hydrogen-bond donors (Lipinski definition) is 1. The Kier molecular flexibility index (Phi) is 4.81. The molecule has 25 heavy (non-hydrogen) atoms. The summed E-state index contributed by atoms with van der Waals surface area (Å²) in [5.41, 5.74) is -0.461. The highest BCUT2D eigenvalue weighted by molar-refractivity contribution is 7.90. The fourth-order valence-electron chi connectivity index (χ4n) is 3.12. The number of halogens is 1. The van der Waals surface area contributed by atoms with Gasteiger partial charge in [0.05, 0.1) is 10.7 Å². The van der Waals surface area contributed by atoms with Crippen molar-refractivity contribution in [3.63, 3.8) is 0 Å². The molecule has 1 saturated carbocycles. The van der Waals surface area contributed by atoms with Crippen molar-refractivity contribution in [2.75, 3.05) is 13.1 Å². The van der Waals surface area contributed by atoms with Crippen molar-refractivity contribution in [1.82, 2.24) is 9.62 Å². The van der Waals surface area contributed by atoms with E-state index in [2.05, 4.69) is 4.72 Å². The van der Waals surface area contributed by atoms with Gasteiger partial charge in [0.1, 0.15) is 0 Å². The Hall–Kier alpha value is -1.60. The molecule has 0 bridgehead atoms. The number of nitrogens with one attached hydrogen (secondary N) is 1. The normalized spacial score (nSPS) is 24.0. The molecule has 1 aliphatic carbocycles. The molecule has 1 aromatic rings. The largest absolute Gasteiger partial charge is 0.338 e. The van der Waals surface area contributed by atoms with E-state index >= 15 is 0 Å². The van der Waals surface area contributed by atoms with Gasteiger partial charge in [0.15, 0.2) is 0 Å². The number of amides is 2. The Labute approximate surface area is 152 Å². The zero-order valence-electron chi connectivity index (χ0n) is 14.0. The van der Waals surface area contributed by atoms with Crippen LogP contribution in [0.4, 0.5) is 0 Å². The first-order valence-electron chi connectivity index (χ1n) is 8.32. The Morgan fingerprint density at radius 3 is 2.68 bits per heavy atom. The summed E-state index contributed by atoms with van der Waals surface area (Å²) in [4.78, 5) is 26.9. The topological polar surface area (TPSA) is 83.6 Å². The molecule has 6 nitrogen and oxygen atoms in total. The van der Waals surface area contributed by atoms with Gasteiger partial charge in [-0.1, -0.05) is 17.7 Å². The number of sulfonamides is 1. The average Bonchev–Trinajstić information content (AvgIpc) is 3.39. The standard InChI is InChI=1S/C17H21ClN2O4S/c1-17(16(22)19-25(23,24)14-6-7-14)8-3-9-20(11-17)15(21)12-4-2-5-13(18)10-12/h2,4-5,10,14H,3,6-9,11H2,1H3,(H,19,22). The molecular weight excluding hydrogens is 364 g/mol. The van der Waals surface area contributed by atoms with Crippen molar-refractivity contribution in [2.24, 2.45) is 5.41 Å². The minimum atomic E-state index is -3.59. The molecule has 0 aromatic heterocycles. The summed E-state index contributed by atoms with van der Waals surface area (Å²) in [6.45, 7) is 2.43. The van der Waals surface area contributed by atoms with Gasteiger partial charge in [-0.25, -0.2) is 8.42 Å². The summed E-state index contributed by atoms with van der Waals surface area (Å²) >= 11 is 5.94. The molecule has 1 saturated heterocycles. The molecule has 0 radical (unpaired) electrons. The van der Waals surface area contributed by atoms with E-state index in [1.165, 1.54) is 0 Å². The second kappa shape index (κ2) is 6.61. The summed E-state index contributed by atoms with van der Waals surface area (Å²) in [6.07, 6.45) is 2.37. The van der Waals surface area contributed by atoms with Crippen LogP contribution in [0.15, 0.2) is 24.3 Å². The van der Waals surface area contributed by atoms with E-state index in [4.69, 9.17) is 11.6 Å². The van der Waals surface area contributed by atoms with Crippen LogP contribution in [0.5, 0.6) is 0 Å². The third-order valence-electron chi connectivity index (χ3n) is 4.80. The summed E-state index contributed by atoms with van der Waals surface area (Å²) in [6, 6.07) is 6.66. The number of carbonyl (C=O) groups excluding carboxylic acids is 2. The van der Waals surface area contributed by atoms with Gasteiger partial charge < -0.3 is 4.90 Å². The first-order valence-corrected chi connectivity index (χ1v) is 10.2.